The average molecular weight is 403 g/mol. The molecule has 0 radical (unpaired) electrons. The van der Waals surface area contributed by atoms with Crippen molar-refractivity contribution in [1.29, 1.82) is 0 Å². The highest BCUT2D eigenvalue weighted by Gasteiger charge is 2.35. The zero-order chi connectivity index (χ0) is 20.4. The molecule has 3 heterocycles. The van der Waals surface area contributed by atoms with Crippen LogP contribution in [0.15, 0.2) is 18.2 Å². The zero-order valence-electron chi connectivity index (χ0n) is 18.1. The number of piperazine rings is 1. The smallest absolute Gasteiger partial charge is 0.231 e. The van der Waals surface area contributed by atoms with Gasteiger partial charge in [-0.25, -0.2) is 4.68 Å². The van der Waals surface area contributed by atoms with E-state index in [0.29, 0.717) is 12.8 Å². The number of rotatable bonds is 7. The van der Waals surface area contributed by atoms with Crippen molar-refractivity contribution in [1.82, 2.24) is 20.2 Å². The molecule has 0 aliphatic carbocycles. The van der Waals surface area contributed by atoms with E-state index in [1.165, 1.54) is 5.56 Å². The number of nitrogens with one attached hydrogen (secondary N) is 2. The molecule has 4 rings (SSSR count). The van der Waals surface area contributed by atoms with Crippen LogP contribution >= 0.6 is 0 Å². The number of benzene rings is 1. The van der Waals surface area contributed by atoms with Gasteiger partial charge in [0.15, 0.2) is 11.5 Å². The maximum absolute atomic E-state index is 5.52. The van der Waals surface area contributed by atoms with Crippen molar-refractivity contribution in [2.75, 3.05) is 33.0 Å². The molecule has 8 nitrogen and oxygen atoms in total. The first kappa shape index (κ1) is 20.1. The number of quaternary nitrogens is 2. The summed E-state index contributed by atoms with van der Waals surface area (Å²) in [4.78, 5) is 3.22. The van der Waals surface area contributed by atoms with Crippen molar-refractivity contribution in [3.8, 4) is 11.5 Å². The molecule has 158 valence electrons. The quantitative estimate of drug-likeness (QED) is 0.681. The number of hydrogen-bond donors (Lipinski definition) is 2. The van der Waals surface area contributed by atoms with Gasteiger partial charge in [0.25, 0.3) is 0 Å². The molecule has 1 saturated heterocycles. The van der Waals surface area contributed by atoms with Gasteiger partial charge in [0.05, 0.1) is 5.54 Å². The third kappa shape index (κ3) is 4.09. The summed E-state index contributed by atoms with van der Waals surface area (Å²) >= 11 is 0. The van der Waals surface area contributed by atoms with Gasteiger partial charge in [-0.15, -0.1) is 5.10 Å². The minimum Gasteiger partial charge on any atom is -0.454 e. The summed E-state index contributed by atoms with van der Waals surface area (Å²) in [6.07, 6.45) is 2.05. The van der Waals surface area contributed by atoms with Gasteiger partial charge in [-0.1, -0.05) is 13.8 Å². The van der Waals surface area contributed by atoms with E-state index in [1.54, 1.807) is 9.80 Å². The van der Waals surface area contributed by atoms with Gasteiger partial charge in [-0.05, 0) is 48.9 Å². The second kappa shape index (κ2) is 8.28. The normalized spacial score (nSPS) is 22.6. The number of fused-ring (bicyclic) bond motifs is 1. The van der Waals surface area contributed by atoms with Crippen molar-refractivity contribution in [2.24, 2.45) is 0 Å². The number of nitrogens with zero attached hydrogens (tertiary/aromatic N) is 4. The van der Waals surface area contributed by atoms with E-state index in [0.717, 1.165) is 62.9 Å². The maximum Gasteiger partial charge on any atom is 0.231 e. The monoisotopic (exact) mass is 402 g/mol. The van der Waals surface area contributed by atoms with Crippen LogP contribution in [0, 0.1) is 0 Å². The lowest BCUT2D eigenvalue weighted by Crippen LogP contribution is -3.27. The lowest BCUT2D eigenvalue weighted by Gasteiger charge is -2.35. The molecule has 2 aliphatic heterocycles. The van der Waals surface area contributed by atoms with Gasteiger partial charge in [0.2, 0.25) is 12.6 Å². The van der Waals surface area contributed by atoms with E-state index in [-0.39, 0.29) is 5.54 Å². The largest absolute Gasteiger partial charge is 0.454 e. The van der Waals surface area contributed by atoms with Crippen molar-refractivity contribution < 1.29 is 19.3 Å². The molecule has 29 heavy (non-hydrogen) atoms. The third-order valence-electron chi connectivity index (χ3n) is 6.64. The summed E-state index contributed by atoms with van der Waals surface area (Å²) in [7, 11) is 0. The van der Waals surface area contributed by atoms with Crippen molar-refractivity contribution >= 4 is 0 Å². The maximum atomic E-state index is 5.52. The predicted octanol–water partition coefficient (Wildman–Crippen LogP) is -0.0184. The van der Waals surface area contributed by atoms with Crippen molar-refractivity contribution in [2.45, 2.75) is 58.7 Å². The van der Waals surface area contributed by atoms with Crippen LogP contribution in [0.25, 0.3) is 0 Å². The van der Waals surface area contributed by atoms with Crippen molar-refractivity contribution in [3.05, 3.63) is 29.6 Å². The summed E-state index contributed by atoms with van der Waals surface area (Å²) < 4.78 is 13.0. The average Bonchev–Trinajstić information content (AvgIpc) is 3.39. The van der Waals surface area contributed by atoms with Gasteiger partial charge in [-0.3, -0.25) is 0 Å². The van der Waals surface area contributed by atoms with Crippen LogP contribution in [0.2, 0.25) is 0 Å². The Bertz CT molecular complexity index is 828. The lowest BCUT2D eigenvalue weighted by molar-refractivity contribution is -1.03. The lowest BCUT2D eigenvalue weighted by atomic mass is 10.0. The molecule has 1 aromatic carbocycles. The molecule has 1 atom stereocenters. The van der Waals surface area contributed by atoms with Gasteiger partial charge in [0.1, 0.15) is 38.8 Å². The van der Waals surface area contributed by atoms with Gasteiger partial charge >= 0.3 is 0 Å². The number of aromatic nitrogens is 4. The van der Waals surface area contributed by atoms with E-state index in [9.17, 15) is 0 Å². The van der Waals surface area contributed by atoms with Crippen LogP contribution in [-0.4, -0.2) is 53.2 Å². The summed E-state index contributed by atoms with van der Waals surface area (Å²) in [5, 5.41) is 12.8. The standard InChI is InChI=1S/C21H32N6O2/c1-5-17(20-22-23-24-27(20)21(3,4)6-2)26-11-9-25(10-12-26)14-16-7-8-18-19(13-16)29-15-28-18/h7-8,13,17H,5-6,9-12,14-15H2,1-4H3/p+2/t17-/m0/s1. The van der Waals surface area contributed by atoms with Gasteiger partial charge in [0, 0.05) is 12.0 Å². The summed E-state index contributed by atoms with van der Waals surface area (Å²) in [5.74, 6) is 2.77. The first-order chi connectivity index (χ1) is 14.0. The first-order valence-corrected chi connectivity index (χ1v) is 10.9. The molecule has 2 N–H and O–H groups in total. The molecule has 1 aromatic heterocycles. The Kier molecular flexibility index (Phi) is 5.74. The second-order valence-corrected chi connectivity index (χ2v) is 8.85. The number of ether oxygens (including phenoxy) is 2. The molecule has 2 aromatic rings. The molecule has 0 bridgehead atoms. The minimum atomic E-state index is -0.0574. The molecule has 8 heteroatoms. The highest BCUT2D eigenvalue weighted by molar-refractivity contribution is 5.44. The van der Waals surface area contributed by atoms with E-state index in [4.69, 9.17) is 9.47 Å². The van der Waals surface area contributed by atoms with E-state index in [1.807, 2.05) is 6.07 Å². The predicted molar refractivity (Wildman–Crippen MR) is 108 cm³/mol. The van der Waals surface area contributed by atoms with Crippen LogP contribution < -0.4 is 19.3 Å². The van der Waals surface area contributed by atoms with Crippen LogP contribution in [0.5, 0.6) is 11.5 Å². The molecular weight excluding hydrogens is 368 g/mol. The molecule has 0 unspecified atom stereocenters. The molecular formula is C21H34N6O2+2. The van der Waals surface area contributed by atoms with E-state index < -0.39 is 0 Å². The zero-order valence-corrected chi connectivity index (χ0v) is 18.1. The Morgan fingerprint density at radius 2 is 1.86 bits per heavy atom. The molecule has 0 amide bonds. The van der Waals surface area contributed by atoms with Crippen LogP contribution in [0.4, 0.5) is 0 Å². The molecule has 1 fully saturated rings. The van der Waals surface area contributed by atoms with Gasteiger partial charge < -0.3 is 19.3 Å². The Hall–Kier alpha value is -2.19. The van der Waals surface area contributed by atoms with E-state index in [2.05, 4.69) is 60.0 Å². The molecule has 2 aliphatic rings. The second-order valence-electron chi connectivity index (χ2n) is 8.85. The first-order valence-electron chi connectivity index (χ1n) is 10.9. The topological polar surface area (TPSA) is 70.9 Å². The number of tetrazole rings is 1. The minimum absolute atomic E-state index is 0.0574. The fourth-order valence-electron chi connectivity index (χ4n) is 4.44. The Labute approximate surface area is 172 Å². The fourth-order valence-corrected chi connectivity index (χ4v) is 4.44. The van der Waals surface area contributed by atoms with Crippen LogP contribution in [-0.2, 0) is 12.1 Å². The highest BCUT2D eigenvalue weighted by atomic mass is 16.7. The Balaban J connectivity index is 1.39. The van der Waals surface area contributed by atoms with Gasteiger partial charge in [-0.2, -0.15) is 0 Å². The third-order valence-corrected chi connectivity index (χ3v) is 6.64. The van der Waals surface area contributed by atoms with Crippen LogP contribution in [0.1, 0.15) is 58.0 Å². The summed E-state index contributed by atoms with van der Waals surface area (Å²) in [6, 6.07) is 6.67. The van der Waals surface area contributed by atoms with Crippen molar-refractivity contribution in [3.63, 3.8) is 0 Å². The molecule has 0 spiro atoms. The van der Waals surface area contributed by atoms with Crippen LogP contribution in [0.3, 0.4) is 0 Å². The molecule has 0 saturated carbocycles. The van der Waals surface area contributed by atoms with E-state index >= 15 is 0 Å². The summed E-state index contributed by atoms with van der Waals surface area (Å²) in [5.41, 5.74) is 1.26. The SMILES string of the molecule is CC[C@@H](c1nnnn1C(C)(C)CC)[NH+]1CC[NH+](Cc2ccc3c(c2)OCO3)CC1. The summed E-state index contributed by atoms with van der Waals surface area (Å²) in [6.45, 7) is 14.8. The fraction of sp³-hybridized carbons (Fsp3) is 0.667. The Morgan fingerprint density at radius 1 is 1.10 bits per heavy atom. The highest BCUT2D eigenvalue weighted by Crippen LogP contribution is 2.32. The number of hydrogen-bond acceptors (Lipinski definition) is 5. The Morgan fingerprint density at radius 3 is 2.59 bits per heavy atom.